The quantitative estimate of drug-likeness (QED) is 0.319. The number of nitrogens with zero attached hydrogens (tertiary/aromatic N) is 4. The average Bonchev–Trinajstić information content (AvgIpc) is 3.38. The Morgan fingerprint density at radius 2 is 1.76 bits per heavy atom. The molecule has 6 nitrogen and oxygen atoms in total. The van der Waals surface area contributed by atoms with E-state index >= 15 is 0 Å². The van der Waals surface area contributed by atoms with Crippen LogP contribution in [0.1, 0.15) is 20.4 Å². The Morgan fingerprint density at radius 3 is 2.52 bits per heavy atom. The molecule has 0 atom stereocenters. The molecule has 4 rings (SSSR count). The largest absolute Gasteiger partial charge is 0.346 e. The molecule has 0 radical (unpaired) electrons. The van der Waals surface area contributed by atoms with E-state index in [4.69, 9.17) is 12.2 Å². The summed E-state index contributed by atoms with van der Waals surface area (Å²) >= 11 is 9.70. The maximum atomic E-state index is 12.3. The summed E-state index contributed by atoms with van der Waals surface area (Å²) in [6.45, 7) is 0.462. The summed E-state index contributed by atoms with van der Waals surface area (Å²) in [7, 11) is 0. The van der Waals surface area contributed by atoms with Gasteiger partial charge in [-0.25, -0.2) is 4.68 Å². The molecule has 2 aromatic carbocycles. The Morgan fingerprint density at radius 1 is 1.03 bits per heavy atom. The fraction of sp³-hybridized carbons (Fsp3) is 0.105. The van der Waals surface area contributed by atoms with E-state index in [-0.39, 0.29) is 5.91 Å². The van der Waals surface area contributed by atoms with Gasteiger partial charge >= 0.3 is 0 Å². The van der Waals surface area contributed by atoms with Gasteiger partial charge in [-0.2, -0.15) is 0 Å². The van der Waals surface area contributed by atoms with E-state index < -0.39 is 0 Å². The molecular formula is C19H15N5OS4. The zero-order valence-electron chi connectivity index (χ0n) is 15.0. The van der Waals surface area contributed by atoms with Gasteiger partial charge in [-0.05, 0) is 29.9 Å². The number of benzene rings is 2. The number of carbonyl (C=O) groups excluding carboxylic acids is 1. The van der Waals surface area contributed by atoms with Crippen molar-refractivity contribution in [3.63, 3.8) is 0 Å². The molecule has 4 aromatic rings. The number of rotatable bonds is 7. The summed E-state index contributed by atoms with van der Waals surface area (Å²) in [4.78, 5) is 12.3. The van der Waals surface area contributed by atoms with Crippen molar-refractivity contribution in [2.75, 3.05) is 0 Å². The predicted octanol–water partition coefficient (Wildman–Crippen LogP) is 4.74. The number of hydrogen-bond acceptors (Lipinski definition) is 8. The molecule has 0 saturated heterocycles. The van der Waals surface area contributed by atoms with Crippen LogP contribution in [0.4, 0.5) is 0 Å². The number of nitrogens with one attached hydrogen (secondary N) is 1. The molecular weight excluding hydrogens is 443 g/mol. The second-order valence-corrected chi connectivity index (χ2v) is 9.75. The maximum absolute atomic E-state index is 12.3. The lowest BCUT2D eigenvalue weighted by Crippen LogP contribution is -2.22. The van der Waals surface area contributed by atoms with Crippen LogP contribution in [-0.2, 0) is 12.3 Å². The first-order chi connectivity index (χ1) is 14.2. The van der Waals surface area contributed by atoms with Crippen molar-refractivity contribution in [1.29, 1.82) is 0 Å². The smallest absolute Gasteiger partial charge is 0.282 e. The summed E-state index contributed by atoms with van der Waals surface area (Å²) in [5.74, 6) is 0.368. The molecule has 2 aromatic heterocycles. The number of para-hydroxylation sites is 1. The van der Waals surface area contributed by atoms with Crippen molar-refractivity contribution in [2.45, 2.75) is 16.6 Å². The van der Waals surface area contributed by atoms with Gasteiger partial charge in [0.05, 0.1) is 11.4 Å². The Bertz CT molecular complexity index is 1150. The molecule has 0 aliphatic rings. The van der Waals surface area contributed by atoms with E-state index in [9.17, 15) is 4.79 Å². The van der Waals surface area contributed by atoms with E-state index in [1.165, 1.54) is 34.4 Å². The van der Waals surface area contributed by atoms with Gasteiger partial charge in [-0.3, -0.25) is 4.79 Å². The standard InChI is InChI=1S/C19H15N5OS4/c25-16(20-11-13-7-3-1-4-8-13)17-22-21-15(28-17)12-27-18-23-24(19(26)29-18)14-9-5-2-6-10-14/h1-10H,11-12H2,(H,20,25). The highest BCUT2D eigenvalue weighted by molar-refractivity contribution is 8.00. The lowest BCUT2D eigenvalue weighted by molar-refractivity contribution is 0.0950. The molecule has 0 aliphatic carbocycles. The lowest BCUT2D eigenvalue weighted by Gasteiger charge is -2.02. The molecule has 29 heavy (non-hydrogen) atoms. The van der Waals surface area contributed by atoms with Crippen molar-refractivity contribution < 1.29 is 4.79 Å². The Labute approximate surface area is 184 Å². The van der Waals surface area contributed by atoms with Gasteiger partial charge in [0.1, 0.15) is 5.01 Å². The van der Waals surface area contributed by atoms with Crippen LogP contribution in [0.25, 0.3) is 5.69 Å². The third-order valence-corrected chi connectivity index (χ3v) is 7.29. The number of amides is 1. The van der Waals surface area contributed by atoms with Crippen molar-refractivity contribution in [3.8, 4) is 5.69 Å². The minimum Gasteiger partial charge on any atom is -0.346 e. The number of aromatic nitrogens is 4. The zero-order chi connectivity index (χ0) is 20.1. The fourth-order valence-electron chi connectivity index (χ4n) is 2.43. The SMILES string of the molecule is O=C(NCc1ccccc1)c1nnc(CSc2nn(-c3ccccc3)c(=S)s2)s1. The fourth-order valence-corrected chi connectivity index (χ4v) is 5.54. The van der Waals surface area contributed by atoms with Crippen LogP contribution >= 0.6 is 46.7 Å². The monoisotopic (exact) mass is 457 g/mol. The summed E-state index contributed by atoms with van der Waals surface area (Å²) in [6.07, 6.45) is 0. The molecule has 2 heterocycles. The summed E-state index contributed by atoms with van der Waals surface area (Å²) < 4.78 is 3.30. The molecule has 0 aliphatic heterocycles. The minimum atomic E-state index is -0.216. The molecule has 0 spiro atoms. The van der Waals surface area contributed by atoms with Crippen molar-refractivity contribution in [2.24, 2.45) is 0 Å². The normalized spacial score (nSPS) is 10.8. The highest BCUT2D eigenvalue weighted by Crippen LogP contribution is 2.28. The highest BCUT2D eigenvalue weighted by atomic mass is 32.2. The van der Waals surface area contributed by atoms with Crippen LogP contribution in [0.15, 0.2) is 65.0 Å². The first-order valence-corrected chi connectivity index (χ1v) is 11.6. The Hall–Kier alpha value is -2.40. The van der Waals surface area contributed by atoms with Crippen LogP contribution in [-0.4, -0.2) is 25.9 Å². The van der Waals surface area contributed by atoms with Gasteiger partial charge in [0.15, 0.2) is 8.29 Å². The van der Waals surface area contributed by atoms with Crippen LogP contribution in [0.3, 0.4) is 0 Å². The first kappa shape index (κ1) is 19.9. The van der Waals surface area contributed by atoms with E-state index in [0.717, 1.165) is 20.6 Å². The van der Waals surface area contributed by atoms with E-state index in [0.29, 0.717) is 21.3 Å². The molecule has 0 saturated carbocycles. The first-order valence-electron chi connectivity index (χ1n) is 8.62. The molecule has 1 N–H and O–H groups in total. The number of hydrogen-bond donors (Lipinski definition) is 1. The van der Waals surface area contributed by atoms with E-state index in [1.807, 2.05) is 60.7 Å². The maximum Gasteiger partial charge on any atom is 0.282 e. The summed E-state index contributed by atoms with van der Waals surface area (Å²) in [5, 5.41) is 16.7. The molecule has 1 amide bonds. The van der Waals surface area contributed by atoms with Gasteiger partial charge in [-0.1, -0.05) is 83.0 Å². The average molecular weight is 458 g/mol. The van der Waals surface area contributed by atoms with E-state index in [1.54, 1.807) is 4.68 Å². The molecule has 0 unspecified atom stereocenters. The molecule has 10 heteroatoms. The summed E-state index contributed by atoms with van der Waals surface area (Å²) in [6, 6.07) is 19.5. The molecule has 0 fully saturated rings. The van der Waals surface area contributed by atoms with Crippen LogP contribution in [0.5, 0.6) is 0 Å². The summed E-state index contributed by atoms with van der Waals surface area (Å²) in [5.41, 5.74) is 1.98. The van der Waals surface area contributed by atoms with Crippen LogP contribution in [0, 0.1) is 3.95 Å². The van der Waals surface area contributed by atoms with Gasteiger partial charge in [-0.15, -0.1) is 15.3 Å². The third-order valence-electron chi connectivity index (χ3n) is 3.81. The highest BCUT2D eigenvalue weighted by Gasteiger charge is 2.14. The third kappa shape index (κ3) is 5.15. The molecule has 146 valence electrons. The van der Waals surface area contributed by atoms with Gasteiger partial charge < -0.3 is 5.32 Å². The Balaban J connectivity index is 1.35. The van der Waals surface area contributed by atoms with Crippen LogP contribution < -0.4 is 5.32 Å². The number of thioether (sulfide) groups is 1. The second kappa shape index (κ2) is 9.40. The van der Waals surface area contributed by atoms with Gasteiger partial charge in [0, 0.05) is 6.54 Å². The zero-order valence-corrected chi connectivity index (χ0v) is 18.3. The predicted molar refractivity (Wildman–Crippen MR) is 119 cm³/mol. The lowest BCUT2D eigenvalue weighted by atomic mass is 10.2. The van der Waals surface area contributed by atoms with Gasteiger partial charge in [0.2, 0.25) is 5.01 Å². The number of carbonyl (C=O) groups is 1. The van der Waals surface area contributed by atoms with Crippen LogP contribution in [0.2, 0.25) is 0 Å². The van der Waals surface area contributed by atoms with Crippen molar-refractivity contribution >= 4 is 52.6 Å². The molecule has 0 bridgehead atoms. The minimum absolute atomic E-state index is 0.216. The topological polar surface area (TPSA) is 72.7 Å². The second-order valence-electron chi connectivity index (χ2n) is 5.84. The van der Waals surface area contributed by atoms with Crippen molar-refractivity contribution in [1.82, 2.24) is 25.3 Å². The van der Waals surface area contributed by atoms with Gasteiger partial charge in [0.25, 0.3) is 5.91 Å². The van der Waals surface area contributed by atoms with E-state index in [2.05, 4.69) is 20.6 Å². The Kier molecular flexibility index (Phi) is 6.45. The van der Waals surface area contributed by atoms with Crippen molar-refractivity contribution in [3.05, 3.63) is 80.2 Å².